The molecule has 1 atom stereocenters. The highest BCUT2D eigenvalue weighted by Crippen LogP contribution is 2.22. The van der Waals surface area contributed by atoms with Crippen LogP contribution in [0.5, 0.6) is 0 Å². The van der Waals surface area contributed by atoms with Crippen LogP contribution in [0.2, 0.25) is 0 Å². The van der Waals surface area contributed by atoms with E-state index in [1.165, 1.54) is 0 Å². The molecule has 1 aromatic rings. The van der Waals surface area contributed by atoms with Crippen LogP contribution in [0.25, 0.3) is 0 Å². The van der Waals surface area contributed by atoms with Crippen LogP contribution in [0.1, 0.15) is 49.5 Å². The molecule has 0 bridgehead atoms. The van der Waals surface area contributed by atoms with Gasteiger partial charge in [-0.2, -0.15) is 0 Å². The van der Waals surface area contributed by atoms with Gasteiger partial charge in [0, 0.05) is 0 Å². The van der Waals surface area contributed by atoms with Gasteiger partial charge < -0.3 is 10.4 Å². The number of carboxylic acid groups (broad SMARTS) is 1. The molecule has 7 heteroatoms. The number of hydrogen-bond donors (Lipinski definition) is 2. The number of aromatic nitrogens is 2. The normalized spacial score (nSPS) is 14.2. The van der Waals surface area contributed by atoms with Crippen LogP contribution >= 0.6 is 11.5 Å². The average Bonchev–Trinajstić information content (AvgIpc) is 2.75. The summed E-state index contributed by atoms with van der Waals surface area (Å²) < 4.78 is 3.76. The summed E-state index contributed by atoms with van der Waals surface area (Å²) in [5.74, 6) is -1.24. The van der Waals surface area contributed by atoms with Crippen molar-refractivity contribution < 1.29 is 14.7 Å². The van der Waals surface area contributed by atoms with Crippen molar-refractivity contribution in [2.24, 2.45) is 5.92 Å². The Kier molecular flexibility index (Phi) is 4.99. The van der Waals surface area contributed by atoms with Gasteiger partial charge >= 0.3 is 5.97 Å². The molecule has 1 rings (SSSR count). The highest BCUT2D eigenvalue weighted by Gasteiger charge is 2.34. The maximum atomic E-state index is 12.2. The Morgan fingerprint density at radius 2 is 2.11 bits per heavy atom. The van der Waals surface area contributed by atoms with Crippen molar-refractivity contribution in [2.75, 3.05) is 0 Å². The summed E-state index contributed by atoms with van der Waals surface area (Å²) in [5.41, 5.74) is -0.151. The van der Waals surface area contributed by atoms with Gasteiger partial charge in [0.25, 0.3) is 5.91 Å². The second kappa shape index (κ2) is 6.10. The maximum absolute atomic E-state index is 12.2. The minimum atomic E-state index is -0.936. The highest BCUT2D eigenvalue weighted by atomic mass is 32.1. The number of aliphatic carboxylic acids is 1. The molecule has 0 aromatic carbocycles. The zero-order valence-corrected chi connectivity index (χ0v) is 12.4. The number of hydrogen-bond acceptors (Lipinski definition) is 5. The number of nitrogens with zero attached hydrogens (tertiary/aromatic N) is 2. The second-order valence-electron chi connectivity index (χ2n) is 5.00. The van der Waals surface area contributed by atoms with Gasteiger partial charge in [-0.3, -0.25) is 9.59 Å². The van der Waals surface area contributed by atoms with Gasteiger partial charge in [0.2, 0.25) is 0 Å². The molecule has 106 valence electrons. The van der Waals surface area contributed by atoms with Crippen LogP contribution in [0.4, 0.5) is 0 Å². The van der Waals surface area contributed by atoms with Crippen molar-refractivity contribution in [3.05, 3.63) is 10.6 Å². The van der Waals surface area contributed by atoms with Gasteiger partial charge in [-0.1, -0.05) is 25.3 Å². The minimum Gasteiger partial charge on any atom is -0.481 e. The first-order chi connectivity index (χ1) is 8.80. The lowest BCUT2D eigenvalue weighted by Gasteiger charge is -2.33. The molecule has 1 heterocycles. The van der Waals surface area contributed by atoms with Crippen molar-refractivity contribution in [3.63, 3.8) is 0 Å². The molecule has 1 unspecified atom stereocenters. The third kappa shape index (κ3) is 3.73. The zero-order chi connectivity index (χ0) is 14.6. The molecule has 0 aliphatic rings. The molecular weight excluding hydrogens is 266 g/mol. The molecular formula is C12H19N3O3S. The lowest BCUT2D eigenvalue weighted by atomic mass is 9.85. The first kappa shape index (κ1) is 15.6. The summed E-state index contributed by atoms with van der Waals surface area (Å²) >= 11 is 1.03. The Morgan fingerprint density at radius 1 is 1.47 bits per heavy atom. The SMILES string of the molecule is CCc1nnsc1C(=O)NC(C)(CC(=O)O)C(C)C. The molecule has 0 fully saturated rings. The van der Waals surface area contributed by atoms with Crippen LogP contribution in [0.15, 0.2) is 0 Å². The number of amides is 1. The fourth-order valence-corrected chi connectivity index (χ4v) is 2.28. The van der Waals surface area contributed by atoms with Crippen molar-refractivity contribution in [3.8, 4) is 0 Å². The summed E-state index contributed by atoms with van der Waals surface area (Å²) in [7, 11) is 0. The van der Waals surface area contributed by atoms with Gasteiger partial charge in [0.15, 0.2) is 0 Å². The third-order valence-corrected chi connectivity index (χ3v) is 4.06. The molecule has 0 spiro atoms. The second-order valence-corrected chi connectivity index (χ2v) is 5.75. The predicted octanol–water partition coefficient (Wildman–Crippen LogP) is 1.72. The molecule has 2 N–H and O–H groups in total. The van der Waals surface area contributed by atoms with Crippen LogP contribution < -0.4 is 5.32 Å². The Morgan fingerprint density at radius 3 is 2.58 bits per heavy atom. The van der Waals surface area contributed by atoms with Crippen LogP contribution in [-0.2, 0) is 11.2 Å². The van der Waals surface area contributed by atoms with E-state index in [9.17, 15) is 9.59 Å². The molecule has 0 saturated carbocycles. The molecule has 1 amide bonds. The quantitative estimate of drug-likeness (QED) is 0.830. The van der Waals surface area contributed by atoms with E-state index >= 15 is 0 Å². The maximum Gasteiger partial charge on any atom is 0.305 e. The van der Waals surface area contributed by atoms with Crippen molar-refractivity contribution in [1.29, 1.82) is 0 Å². The van der Waals surface area contributed by atoms with E-state index in [1.807, 2.05) is 20.8 Å². The summed E-state index contributed by atoms with van der Waals surface area (Å²) in [4.78, 5) is 23.6. The smallest absolute Gasteiger partial charge is 0.305 e. The Balaban J connectivity index is 2.91. The molecule has 0 saturated heterocycles. The third-order valence-electron chi connectivity index (χ3n) is 3.29. The Hall–Kier alpha value is -1.50. The number of aryl methyl sites for hydroxylation is 1. The topological polar surface area (TPSA) is 92.2 Å². The highest BCUT2D eigenvalue weighted by molar-refractivity contribution is 7.08. The van der Waals surface area contributed by atoms with E-state index in [2.05, 4.69) is 14.9 Å². The number of carboxylic acids is 1. The largest absolute Gasteiger partial charge is 0.481 e. The Bertz CT molecular complexity index is 473. The zero-order valence-electron chi connectivity index (χ0n) is 11.6. The van der Waals surface area contributed by atoms with Crippen LogP contribution in [0, 0.1) is 5.92 Å². The van der Waals surface area contributed by atoms with E-state index in [4.69, 9.17) is 5.11 Å². The first-order valence-corrected chi connectivity index (χ1v) is 6.93. The van der Waals surface area contributed by atoms with Crippen molar-refractivity contribution in [1.82, 2.24) is 14.9 Å². The van der Waals surface area contributed by atoms with Gasteiger partial charge in [0.05, 0.1) is 17.7 Å². The molecule has 6 nitrogen and oxygen atoms in total. The van der Waals surface area contributed by atoms with Gasteiger partial charge in [0.1, 0.15) is 4.88 Å². The average molecular weight is 285 g/mol. The van der Waals surface area contributed by atoms with Crippen molar-refractivity contribution in [2.45, 2.75) is 46.1 Å². The van der Waals surface area contributed by atoms with E-state index in [-0.39, 0.29) is 18.2 Å². The monoisotopic (exact) mass is 285 g/mol. The molecule has 0 radical (unpaired) electrons. The summed E-state index contributed by atoms with van der Waals surface area (Å²) in [6.07, 6.45) is 0.501. The predicted molar refractivity (Wildman–Crippen MR) is 72.2 cm³/mol. The van der Waals surface area contributed by atoms with Crippen molar-refractivity contribution >= 4 is 23.4 Å². The molecule has 19 heavy (non-hydrogen) atoms. The lowest BCUT2D eigenvalue weighted by molar-refractivity contribution is -0.138. The summed E-state index contributed by atoms with van der Waals surface area (Å²) in [5, 5.41) is 15.7. The number of carbonyl (C=O) groups excluding carboxylic acids is 1. The fourth-order valence-electron chi connectivity index (χ4n) is 1.64. The fraction of sp³-hybridized carbons (Fsp3) is 0.667. The van der Waals surface area contributed by atoms with Gasteiger partial charge in [-0.25, -0.2) is 0 Å². The molecule has 0 aliphatic carbocycles. The molecule has 1 aromatic heterocycles. The van der Waals surface area contributed by atoms with Crippen LogP contribution in [-0.4, -0.2) is 32.1 Å². The van der Waals surface area contributed by atoms with E-state index < -0.39 is 11.5 Å². The van der Waals surface area contributed by atoms with E-state index in [0.29, 0.717) is 17.0 Å². The minimum absolute atomic E-state index is 0.00138. The summed E-state index contributed by atoms with van der Waals surface area (Å²) in [6.45, 7) is 7.40. The van der Waals surface area contributed by atoms with Gasteiger partial charge in [-0.15, -0.1) is 5.10 Å². The number of rotatable bonds is 6. The van der Waals surface area contributed by atoms with Gasteiger partial charge in [-0.05, 0) is 30.8 Å². The van der Waals surface area contributed by atoms with E-state index in [0.717, 1.165) is 11.5 Å². The number of carbonyl (C=O) groups is 2. The van der Waals surface area contributed by atoms with E-state index in [1.54, 1.807) is 6.92 Å². The number of nitrogens with one attached hydrogen (secondary N) is 1. The van der Waals surface area contributed by atoms with Crippen LogP contribution in [0.3, 0.4) is 0 Å². The Labute approximate surface area is 116 Å². The lowest BCUT2D eigenvalue weighted by Crippen LogP contribution is -2.51. The first-order valence-electron chi connectivity index (χ1n) is 6.15. The molecule has 0 aliphatic heterocycles. The standard InChI is InChI=1S/C12H19N3O3S/c1-5-8-10(19-15-14-8)11(18)13-12(4,7(2)3)6-9(16)17/h7H,5-6H2,1-4H3,(H,13,18)(H,16,17). The summed E-state index contributed by atoms with van der Waals surface area (Å²) in [6, 6.07) is 0.